The van der Waals surface area contributed by atoms with Crippen LogP contribution < -0.4 is 10.6 Å². The third-order valence-corrected chi connectivity index (χ3v) is 4.87. The molecule has 1 aromatic carbocycles. The van der Waals surface area contributed by atoms with Gasteiger partial charge in [0.25, 0.3) is 0 Å². The molecule has 1 fully saturated rings. The lowest BCUT2D eigenvalue weighted by Crippen LogP contribution is -2.29. The molecule has 2 aromatic heterocycles. The number of aromatic nitrogens is 3. The molecule has 29 heavy (non-hydrogen) atoms. The number of rotatable bonds is 4. The third-order valence-electron chi connectivity index (χ3n) is 4.87. The van der Waals surface area contributed by atoms with Crippen molar-refractivity contribution in [1.82, 2.24) is 20.3 Å². The van der Waals surface area contributed by atoms with Crippen molar-refractivity contribution < 1.29 is 13.2 Å². The van der Waals surface area contributed by atoms with Crippen LogP contribution in [0.5, 0.6) is 0 Å². The van der Waals surface area contributed by atoms with Gasteiger partial charge in [0.05, 0.1) is 11.3 Å². The molecule has 0 spiro atoms. The summed E-state index contributed by atoms with van der Waals surface area (Å²) in [5.74, 6) is 1.46. The van der Waals surface area contributed by atoms with Crippen LogP contribution in [-0.4, -0.2) is 28.0 Å². The number of hydrogen-bond donors (Lipinski definition) is 2. The van der Waals surface area contributed by atoms with E-state index in [4.69, 9.17) is 4.98 Å². The van der Waals surface area contributed by atoms with E-state index in [0.29, 0.717) is 11.5 Å². The summed E-state index contributed by atoms with van der Waals surface area (Å²) in [4.78, 5) is 13.4. The Bertz CT molecular complexity index is 952. The number of piperidine rings is 1. The van der Waals surface area contributed by atoms with Crippen LogP contribution in [0.15, 0.2) is 54.9 Å². The summed E-state index contributed by atoms with van der Waals surface area (Å²) in [6.45, 7) is 1.79. The largest absolute Gasteiger partial charge is 0.416 e. The maximum atomic E-state index is 12.8. The molecule has 1 aliphatic heterocycles. The minimum absolute atomic E-state index is 0.193. The number of hydrogen-bond acceptors (Lipinski definition) is 5. The van der Waals surface area contributed by atoms with Gasteiger partial charge in [0, 0.05) is 42.2 Å². The Hall–Kier alpha value is -3.00. The lowest BCUT2D eigenvalue weighted by molar-refractivity contribution is -0.137. The van der Waals surface area contributed by atoms with E-state index in [1.165, 1.54) is 12.1 Å². The van der Waals surface area contributed by atoms with Gasteiger partial charge in [-0.05, 0) is 55.8 Å². The fraction of sp³-hybridized carbons (Fsp3) is 0.286. The van der Waals surface area contributed by atoms with Crippen LogP contribution in [0.1, 0.15) is 30.1 Å². The summed E-state index contributed by atoms with van der Waals surface area (Å²) in [6.07, 6.45) is 1.08. The molecule has 0 amide bonds. The van der Waals surface area contributed by atoms with Crippen molar-refractivity contribution in [2.75, 3.05) is 18.4 Å². The first-order chi connectivity index (χ1) is 14.0. The summed E-state index contributed by atoms with van der Waals surface area (Å²) in [7, 11) is 0. The van der Waals surface area contributed by atoms with Crippen molar-refractivity contribution in [3.63, 3.8) is 0 Å². The monoisotopic (exact) mass is 399 g/mol. The van der Waals surface area contributed by atoms with E-state index >= 15 is 0 Å². The molecule has 1 saturated heterocycles. The quantitative estimate of drug-likeness (QED) is 0.662. The van der Waals surface area contributed by atoms with Crippen LogP contribution in [0.25, 0.3) is 11.3 Å². The minimum atomic E-state index is -4.36. The number of anilines is 2. The van der Waals surface area contributed by atoms with E-state index in [-0.39, 0.29) is 5.92 Å². The number of halogens is 3. The number of benzene rings is 1. The number of nitrogens with one attached hydrogen (secondary N) is 2. The first-order valence-electron chi connectivity index (χ1n) is 9.43. The standard InChI is InChI=1S/C21H20F3N5/c22-21(23,24)16-3-5-17(6-4-16)27-19-12-18(14-7-10-25-11-8-14)28-20(29-19)15-2-1-9-26-13-15/h3-8,10-12,15,26H,1-2,9,13H2,(H,27,28,29)/t15-/m1/s1. The van der Waals surface area contributed by atoms with Crippen molar-refractivity contribution in [3.8, 4) is 11.3 Å². The van der Waals surface area contributed by atoms with E-state index < -0.39 is 11.7 Å². The van der Waals surface area contributed by atoms with E-state index in [2.05, 4.69) is 20.6 Å². The topological polar surface area (TPSA) is 62.7 Å². The van der Waals surface area contributed by atoms with Crippen molar-refractivity contribution >= 4 is 11.5 Å². The molecule has 3 heterocycles. The average molecular weight is 399 g/mol. The Kier molecular flexibility index (Phi) is 5.44. The summed E-state index contributed by atoms with van der Waals surface area (Å²) in [5.41, 5.74) is 1.50. The highest BCUT2D eigenvalue weighted by Crippen LogP contribution is 2.31. The van der Waals surface area contributed by atoms with Crippen molar-refractivity contribution in [1.29, 1.82) is 0 Å². The van der Waals surface area contributed by atoms with Gasteiger partial charge in [-0.1, -0.05) is 0 Å². The summed E-state index contributed by atoms with van der Waals surface area (Å²) >= 11 is 0. The number of pyridine rings is 1. The molecular formula is C21H20F3N5. The summed E-state index contributed by atoms with van der Waals surface area (Å²) in [5, 5.41) is 6.48. The lowest BCUT2D eigenvalue weighted by Gasteiger charge is -2.22. The molecule has 1 aliphatic rings. The van der Waals surface area contributed by atoms with Gasteiger partial charge in [-0.25, -0.2) is 9.97 Å². The molecule has 150 valence electrons. The summed E-state index contributed by atoms with van der Waals surface area (Å²) in [6, 6.07) is 10.4. The Labute approximate surface area is 166 Å². The maximum absolute atomic E-state index is 12.8. The number of alkyl halides is 3. The molecule has 0 aliphatic carbocycles. The minimum Gasteiger partial charge on any atom is -0.340 e. The molecule has 2 N–H and O–H groups in total. The van der Waals surface area contributed by atoms with Crippen molar-refractivity contribution in [2.45, 2.75) is 24.9 Å². The maximum Gasteiger partial charge on any atom is 0.416 e. The van der Waals surface area contributed by atoms with Gasteiger partial charge in [-0.15, -0.1) is 0 Å². The number of nitrogens with zero attached hydrogens (tertiary/aromatic N) is 3. The van der Waals surface area contributed by atoms with Gasteiger partial charge in [0.15, 0.2) is 0 Å². The summed E-state index contributed by atoms with van der Waals surface area (Å²) < 4.78 is 38.4. The first kappa shape index (κ1) is 19.3. The van der Waals surface area contributed by atoms with Crippen LogP contribution in [0.4, 0.5) is 24.7 Å². The second-order valence-corrected chi connectivity index (χ2v) is 6.98. The second kappa shape index (κ2) is 8.16. The first-order valence-corrected chi connectivity index (χ1v) is 9.43. The predicted octanol–water partition coefficient (Wildman–Crippen LogP) is 4.77. The molecule has 0 unspecified atom stereocenters. The SMILES string of the molecule is FC(F)(F)c1ccc(Nc2cc(-c3ccncc3)nc([C@@H]3CCCNC3)n2)cc1. The fourth-order valence-electron chi connectivity index (χ4n) is 3.35. The van der Waals surface area contributed by atoms with Crippen LogP contribution >= 0.6 is 0 Å². The van der Waals surface area contributed by atoms with Gasteiger partial charge in [-0.2, -0.15) is 13.2 Å². The zero-order valence-corrected chi connectivity index (χ0v) is 15.6. The second-order valence-electron chi connectivity index (χ2n) is 6.98. The lowest BCUT2D eigenvalue weighted by atomic mass is 9.98. The smallest absolute Gasteiger partial charge is 0.340 e. The predicted molar refractivity (Wildman–Crippen MR) is 105 cm³/mol. The molecular weight excluding hydrogens is 379 g/mol. The van der Waals surface area contributed by atoms with E-state index in [1.54, 1.807) is 18.5 Å². The molecule has 0 radical (unpaired) electrons. The van der Waals surface area contributed by atoms with Gasteiger partial charge < -0.3 is 10.6 Å². The highest BCUT2D eigenvalue weighted by atomic mass is 19.4. The molecule has 3 aromatic rings. The molecule has 0 saturated carbocycles. The van der Waals surface area contributed by atoms with Crippen molar-refractivity contribution in [2.24, 2.45) is 0 Å². The van der Waals surface area contributed by atoms with Gasteiger partial charge in [0.2, 0.25) is 0 Å². The molecule has 8 heteroatoms. The molecule has 1 atom stereocenters. The van der Waals surface area contributed by atoms with E-state index in [0.717, 1.165) is 55.1 Å². The highest BCUT2D eigenvalue weighted by Gasteiger charge is 2.30. The zero-order valence-electron chi connectivity index (χ0n) is 15.6. The van der Waals surface area contributed by atoms with Crippen LogP contribution in [0.2, 0.25) is 0 Å². The van der Waals surface area contributed by atoms with E-state index in [1.807, 2.05) is 12.1 Å². The highest BCUT2D eigenvalue weighted by molar-refractivity contribution is 5.65. The van der Waals surface area contributed by atoms with Crippen LogP contribution in [0, 0.1) is 0 Å². The molecule has 5 nitrogen and oxygen atoms in total. The Morgan fingerprint density at radius 3 is 2.41 bits per heavy atom. The van der Waals surface area contributed by atoms with E-state index in [9.17, 15) is 13.2 Å². The molecule has 4 rings (SSSR count). The van der Waals surface area contributed by atoms with Crippen molar-refractivity contribution in [3.05, 3.63) is 66.2 Å². The normalized spacial score (nSPS) is 17.1. The van der Waals surface area contributed by atoms with Crippen LogP contribution in [-0.2, 0) is 6.18 Å². The fourth-order valence-corrected chi connectivity index (χ4v) is 3.35. The zero-order chi connectivity index (χ0) is 20.3. The molecule has 0 bridgehead atoms. The Balaban J connectivity index is 1.66. The Morgan fingerprint density at radius 1 is 1.00 bits per heavy atom. The van der Waals surface area contributed by atoms with Gasteiger partial charge >= 0.3 is 6.18 Å². The van der Waals surface area contributed by atoms with Gasteiger partial charge in [-0.3, -0.25) is 4.98 Å². The van der Waals surface area contributed by atoms with Gasteiger partial charge in [0.1, 0.15) is 11.6 Å². The third kappa shape index (κ3) is 4.71. The van der Waals surface area contributed by atoms with Crippen LogP contribution in [0.3, 0.4) is 0 Å². The Morgan fingerprint density at radius 2 is 1.76 bits per heavy atom. The average Bonchev–Trinajstić information content (AvgIpc) is 2.74.